The molecule has 2 aromatic heterocycles. The summed E-state index contributed by atoms with van der Waals surface area (Å²) in [6.07, 6.45) is 10.4. The predicted molar refractivity (Wildman–Crippen MR) is 164 cm³/mol. The average Bonchev–Trinajstić information content (AvgIpc) is 3.22. The highest BCUT2D eigenvalue weighted by Gasteiger charge is 2.35. The van der Waals surface area contributed by atoms with Crippen LogP contribution in [0.2, 0.25) is 0 Å². The number of pyridine rings is 1. The third kappa shape index (κ3) is 5.90. The van der Waals surface area contributed by atoms with Gasteiger partial charge in [0.25, 0.3) is 0 Å². The highest BCUT2D eigenvalue weighted by Crippen LogP contribution is 2.42. The van der Waals surface area contributed by atoms with Crippen LogP contribution in [0.5, 0.6) is 0 Å². The molecule has 6 rings (SSSR count). The number of piperidine rings is 1. The van der Waals surface area contributed by atoms with Gasteiger partial charge in [0.2, 0.25) is 0 Å². The third-order valence-corrected chi connectivity index (χ3v) is 9.84. The van der Waals surface area contributed by atoms with Crippen molar-refractivity contribution in [1.82, 2.24) is 19.9 Å². The van der Waals surface area contributed by atoms with Crippen LogP contribution in [0, 0.1) is 0 Å². The molecule has 0 unspecified atom stereocenters. The molecular formula is C31H41N7O2S. The van der Waals surface area contributed by atoms with Gasteiger partial charge in [-0.25, -0.2) is 23.4 Å². The quantitative estimate of drug-likeness (QED) is 0.415. The molecule has 0 aliphatic carbocycles. The van der Waals surface area contributed by atoms with Gasteiger partial charge in [-0.05, 0) is 75.1 Å². The molecule has 0 spiro atoms. The number of anilines is 4. The molecule has 9 nitrogen and oxygen atoms in total. The lowest BCUT2D eigenvalue weighted by Gasteiger charge is -2.30. The van der Waals surface area contributed by atoms with Crippen LogP contribution < -0.4 is 15.1 Å². The molecule has 0 atom stereocenters. The van der Waals surface area contributed by atoms with Gasteiger partial charge in [0.1, 0.15) is 22.9 Å². The monoisotopic (exact) mass is 575 g/mol. The van der Waals surface area contributed by atoms with Gasteiger partial charge >= 0.3 is 0 Å². The Morgan fingerprint density at radius 1 is 1.00 bits per heavy atom. The minimum absolute atomic E-state index is 0.118. The zero-order valence-electron chi connectivity index (χ0n) is 24.4. The first-order chi connectivity index (χ1) is 19.7. The molecule has 1 saturated heterocycles. The van der Waals surface area contributed by atoms with Crippen molar-refractivity contribution in [2.45, 2.75) is 62.8 Å². The number of sulfone groups is 1. The molecule has 1 N–H and O–H groups in total. The number of aromatic nitrogens is 3. The van der Waals surface area contributed by atoms with E-state index in [9.17, 15) is 8.42 Å². The molecule has 1 aromatic carbocycles. The first-order valence-corrected chi connectivity index (χ1v) is 16.7. The lowest BCUT2D eigenvalue weighted by atomic mass is 9.87. The Hall–Kier alpha value is -3.24. The Labute approximate surface area is 243 Å². The zero-order valence-corrected chi connectivity index (χ0v) is 25.3. The first-order valence-electron chi connectivity index (χ1n) is 14.8. The Bertz CT molecular complexity index is 1520. The van der Waals surface area contributed by atoms with Crippen molar-refractivity contribution >= 4 is 32.8 Å². The van der Waals surface area contributed by atoms with E-state index in [1.165, 1.54) is 62.8 Å². The van der Waals surface area contributed by atoms with Crippen LogP contribution in [0.1, 0.15) is 56.4 Å². The van der Waals surface area contributed by atoms with Crippen LogP contribution in [-0.4, -0.2) is 73.8 Å². The maximum Gasteiger partial charge on any atom is 0.179 e. The van der Waals surface area contributed by atoms with E-state index in [0.717, 1.165) is 35.9 Å². The van der Waals surface area contributed by atoms with E-state index < -0.39 is 9.84 Å². The second-order valence-corrected chi connectivity index (χ2v) is 14.3. The van der Waals surface area contributed by atoms with Gasteiger partial charge < -0.3 is 20.0 Å². The van der Waals surface area contributed by atoms with Gasteiger partial charge in [-0.3, -0.25) is 0 Å². The van der Waals surface area contributed by atoms with E-state index in [1.54, 1.807) is 24.7 Å². The number of nitrogens with one attached hydrogen (secondary N) is 1. The number of rotatable bonds is 8. The van der Waals surface area contributed by atoms with Crippen molar-refractivity contribution in [2.24, 2.45) is 0 Å². The van der Waals surface area contributed by atoms with Crippen LogP contribution >= 0.6 is 0 Å². The molecule has 3 aromatic rings. The molecule has 0 radical (unpaired) electrons. The molecule has 10 heteroatoms. The minimum Gasteiger partial charge on any atom is -0.370 e. The van der Waals surface area contributed by atoms with Crippen molar-refractivity contribution in [3.05, 3.63) is 59.7 Å². The molecule has 0 saturated carbocycles. The lowest BCUT2D eigenvalue weighted by Crippen LogP contribution is -2.34. The Kier molecular flexibility index (Phi) is 7.63. The summed E-state index contributed by atoms with van der Waals surface area (Å²) in [5, 5.41) is 3.59. The first kappa shape index (κ1) is 27.9. The van der Waals surface area contributed by atoms with Crippen LogP contribution in [0.4, 0.5) is 23.0 Å². The number of benzene rings is 1. The Morgan fingerprint density at radius 2 is 1.83 bits per heavy atom. The van der Waals surface area contributed by atoms with Gasteiger partial charge in [-0.1, -0.05) is 26.3 Å². The number of hydrogen-bond donors (Lipinski definition) is 1. The predicted octanol–water partition coefficient (Wildman–Crippen LogP) is 4.56. The standard InChI is InChI=1S/C31H41N7O2S/c1-31(2)21-38(17-8-16-36-14-5-4-6-15-36)27-19-23(10-11-25(27)31)35-29-24-12-18-37(20-26(24)33-22-34-29)30-28(41(3,39)40)9-7-13-32-30/h7,9-11,13,19,22H,4-6,8,12,14-18,20-21H2,1-3H3,(H,33,34,35). The van der Waals surface area contributed by atoms with Crippen molar-refractivity contribution in [3.8, 4) is 0 Å². The van der Waals surface area contributed by atoms with E-state index >= 15 is 0 Å². The van der Waals surface area contributed by atoms with Gasteiger partial charge in [0.15, 0.2) is 9.84 Å². The lowest BCUT2D eigenvalue weighted by molar-refractivity contribution is 0.227. The SMILES string of the molecule is CC1(C)CN(CCCN2CCCCC2)c2cc(Nc3ncnc4c3CCN(c3ncccc3S(C)(=O)=O)C4)ccc21. The Balaban J connectivity index is 1.19. The molecule has 218 valence electrons. The summed E-state index contributed by atoms with van der Waals surface area (Å²) < 4.78 is 24.7. The van der Waals surface area contributed by atoms with E-state index in [-0.39, 0.29) is 10.3 Å². The summed E-state index contributed by atoms with van der Waals surface area (Å²) in [5.41, 5.74) is 5.82. The number of likely N-dealkylation sites (tertiary alicyclic amines) is 1. The normalized spacial score (nSPS) is 18.7. The van der Waals surface area contributed by atoms with E-state index in [1.807, 2.05) is 4.90 Å². The summed E-state index contributed by atoms with van der Waals surface area (Å²) in [6, 6.07) is 9.99. The second-order valence-electron chi connectivity index (χ2n) is 12.3. The summed E-state index contributed by atoms with van der Waals surface area (Å²) >= 11 is 0. The fraction of sp³-hybridized carbons (Fsp3) is 0.516. The third-order valence-electron chi connectivity index (χ3n) is 8.72. The summed E-state index contributed by atoms with van der Waals surface area (Å²) in [4.78, 5) is 21.0. The summed E-state index contributed by atoms with van der Waals surface area (Å²) in [5.74, 6) is 1.29. The molecule has 3 aliphatic rings. The second kappa shape index (κ2) is 11.2. The summed E-state index contributed by atoms with van der Waals surface area (Å²) in [7, 11) is -3.39. The largest absolute Gasteiger partial charge is 0.370 e. The zero-order chi connectivity index (χ0) is 28.6. The van der Waals surface area contributed by atoms with Crippen molar-refractivity contribution in [1.29, 1.82) is 0 Å². The highest BCUT2D eigenvalue weighted by molar-refractivity contribution is 7.90. The van der Waals surface area contributed by atoms with Crippen LogP contribution in [0.25, 0.3) is 0 Å². The molecular weight excluding hydrogens is 534 g/mol. The topological polar surface area (TPSA) is 94.6 Å². The highest BCUT2D eigenvalue weighted by atomic mass is 32.2. The number of nitrogens with zero attached hydrogens (tertiary/aromatic N) is 6. The van der Waals surface area contributed by atoms with Crippen molar-refractivity contribution in [3.63, 3.8) is 0 Å². The van der Waals surface area contributed by atoms with Gasteiger partial charge in [-0.2, -0.15) is 0 Å². The van der Waals surface area contributed by atoms with Crippen LogP contribution in [0.3, 0.4) is 0 Å². The molecule has 0 amide bonds. The van der Waals surface area contributed by atoms with Crippen LogP contribution in [0.15, 0.2) is 47.8 Å². The van der Waals surface area contributed by atoms with E-state index in [4.69, 9.17) is 0 Å². The average molecular weight is 576 g/mol. The molecule has 5 heterocycles. The van der Waals surface area contributed by atoms with Gasteiger partial charge in [0, 0.05) is 54.4 Å². The van der Waals surface area contributed by atoms with Gasteiger partial charge in [0.05, 0.1) is 12.2 Å². The maximum absolute atomic E-state index is 12.4. The fourth-order valence-electron chi connectivity index (χ4n) is 6.65. The minimum atomic E-state index is -3.39. The van der Waals surface area contributed by atoms with Crippen LogP contribution in [-0.2, 0) is 28.2 Å². The van der Waals surface area contributed by atoms with Crippen molar-refractivity contribution < 1.29 is 8.42 Å². The number of fused-ring (bicyclic) bond motifs is 2. The summed E-state index contributed by atoms with van der Waals surface area (Å²) in [6.45, 7) is 11.6. The van der Waals surface area contributed by atoms with E-state index in [2.05, 4.69) is 62.1 Å². The molecule has 41 heavy (non-hydrogen) atoms. The maximum atomic E-state index is 12.4. The fourth-order valence-corrected chi connectivity index (χ4v) is 7.49. The molecule has 3 aliphatic heterocycles. The van der Waals surface area contributed by atoms with E-state index in [0.29, 0.717) is 25.3 Å². The molecule has 0 bridgehead atoms. The van der Waals surface area contributed by atoms with Gasteiger partial charge in [-0.15, -0.1) is 0 Å². The van der Waals surface area contributed by atoms with Crippen molar-refractivity contribution in [2.75, 3.05) is 60.6 Å². The number of hydrogen-bond acceptors (Lipinski definition) is 9. The Morgan fingerprint density at radius 3 is 2.63 bits per heavy atom. The molecule has 1 fully saturated rings. The smallest absolute Gasteiger partial charge is 0.179 e.